The maximum absolute atomic E-state index is 13.4. The lowest BCUT2D eigenvalue weighted by Crippen LogP contribution is -2.43. The molecule has 1 amide bonds. The lowest BCUT2D eigenvalue weighted by molar-refractivity contribution is 0.0975. The number of fused-ring (bicyclic) bond motifs is 1. The van der Waals surface area contributed by atoms with Crippen molar-refractivity contribution in [2.24, 2.45) is 0 Å². The lowest BCUT2D eigenvalue weighted by atomic mass is 10.0. The first-order valence-corrected chi connectivity index (χ1v) is 10.8. The zero-order valence-corrected chi connectivity index (χ0v) is 18.0. The third kappa shape index (κ3) is 3.93. The van der Waals surface area contributed by atoms with Crippen LogP contribution in [0.4, 0.5) is 11.4 Å². The van der Waals surface area contributed by atoms with Crippen molar-refractivity contribution in [1.82, 2.24) is 0 Å². The maximum Gasteiger partial charge on any atom is 0.262 e. The zero-order valence-electron chi connectivity index (χ0n) is 17.2. The van der Waals surface area contributed by atoms with Crippen molar-refractivity contribution >= 4 is 28.9 Å². The van der Waals surface area contributed by atoms with Crippen LogP contribution in [0.15, 0.2) is 103 Å². The molecule has 4 aromatic rings. The van der Waals surface area contributed by atoms with E-state index in [0.29, 0.717) is 17.2 Å². The summed E-state index contributed by atoms with van der Waals surface area (Å²) in [5.41, 5.74) is 4.22. The predicted octanol–water partition coefficient (Wildman–Crippen LogP) is 6.69. The van der Waals surface area contributed by atoms with Gasteiger partial charge in [0.05, 0.1) is 5.56 Å². The molecule has 0 saturated heterocycles. The van der Waals surface area contributed by atoms with Crippen molar-refractivity contribution in [2.45, 2.75) is 12.8 Å². The van der Waals surface area contributed by atoms with Crippen LogP contribution in [0.3, 0.4) is 0 Å². The molecule has 1 heterocycles. The van der Waals surface area contributed by atoms with E-state index in [2.05, 4.69) is 5.32 Å². The van der Waals surface area contributed by atoms with Gasteiger partial charge in [0.15, 0.2) is 0 Å². The predicted molar refractivity (Wildman–Crippen MR) is 128 cm³/mol. The van der Waals surface area contributed by atoms with E-state index in [-0.39, 0.29) is 12.1 Å². The van der Waals surface area contributed by atoms with E-state index in [0.717, 1.165) is 28.3 Å². The maximum atomic E-state index is 13.4. The van der Waals surface area contributed by atoms with Crippen molar-refractivity contribution in [2.75, 3.05) is 10.2 Å². The zero-order chi connectivity index (χ0) is 21.9. The van der Waals surface area contributed by atoms with Gasteiger partial charge in [0.2, 0.25) is 0 Å². The molecule has 158 valence electrons. The molecule has 4 nitrogen and oxygen atoms in total. The number of halogens is 1. The van der Waals surface area contributed by atoms with Gasteiger partial charge in [-0.15, -0.1) is 0 Å². The van der Waals surface area contributed by atoms with Crippen LogP contribution in [0.1, 0.15) is 27.7 Å². The molecule has 0 radical (unpaired) electrons. The van der Waals surface area contributed by atoms with Crippen LogP contribution >= 0.6 is 11.6 Å². The van der Waals surface area contributed by atoms with Gasteiger partial charge in [0, 0.05) is 22.0 Å². The third-order valence-corrected chi connectivity index (χ3v) is 5.88. The average molecular weight is 441 g/mol. The van der Waals surface area contributed by atoms with Gasteiger partial charge in [-0.2, -0.15) is 0 Å². The van der Waals surface area contributed by atoms with E-state index in [9.17, 15) is 4.79 Å². The highest BCUT2D eigenvalue weighted by atomic mass is 35.5. The Hall–Kier alpha value is -3.76. The van der Waals surface area contributed by atoms with Crippen molar-refractivity contribution in [1.29, 1.82) is 0 Å². The van der Waals surface area contributed by atoms with Gasteiger partial charge in [-0.3, -0.25) is 9.69 Å². The van der Waals surface area contributed by atoms with Crippen LogP contribution in [-0.4, -0.2) is 5.91 Å². The number of ether oxygens (including phenoxy) is 1. The summed E-state index contributed by atoms with van der Waals surface area (Å²) >= 11 is 6.22. The number of nitrogens with one attached hydrogen (secondary N) is 1. The molecule has 0 aromatic heterocycles. The summed E-state index contributed by atoms with van der Waals surface area (Å²) in [6, 6.07) is 32.7. The Morgan fingerprint density at radius 3 is 2.28 bits per heavy atom. The molecule has 0 spiro atoms. The first kappa shape index (κ1) is 20.2. The molecular formula is C27H21ClN2O2. The van der Waals surface area contributed by atoms with E-state index in [4.69, 9.17) is 16.3 Å². The smallest absolute Gasteiger partial charge is 0.262 e. The fourth-order valence-corrected chi connectivity index (χ4v) is 4.05. The number of carbonyl (C=O) groups is 1. The molecule has 0 aliphatic carbocycles. The van der Waals surface area contributed by atoms with Crippen molar-refractivity contribution in [3.8, 4) is 5.75 Å². The normalized spacial score (nSPS) is 15.1. The molecule has 1 aliphatic rings. The minimum absolute atomic E-state index is 0.0328. The largest absolute Gasteiger partial charge is 0.489 e. The molecule has 32 heavy (non-hydrogen) atoms. The first-order chi connectivity index (χ1) is 15.7. The molecule has 4 aromatic carbocycles. The van der Waals surface area contributed by atoms with Crippen molar-refractivity contribution in [3.63, 3.8) is 0 Å². The highest BCUT2D eigenvalue weighted by molar-refractivity contribution is 6.31. The SMILES string of the molecule is O=C1c2ccccc2NC(c2ccc(OCc3ccccc3Cl)cc2)N1c1ccccc1. The Kier molecular flexibility index (Phi) is 5.53. The molecule has 0 fully saturated rings. The molecule has 5 heteroatoms. The number of nitrogens with zero attached hydrogens (tertiary/aromatic N) is 1. The van der Waals surface area contributed by atoms with E-state index >= 15 is 0 Å². The van der Waals surface area contributed by atoms with Crippen LogP contribution < -0.4 is 15.0 Å². The number of anilines is 2. The first-order valence-electron chi connectivity index (χ1n) is 10.4. The minimum atomic E-state index is -0.336. The standard InChI is InChI=1S/C27H21ClN2O2/c28-24-12-6-4-8-20(24)18-32-22-16-14-19(15-17-22)26-29-25-13-7-5-11-23(25)27(31)30(26)21-9-2-1-3-10-21/h1-17,26,29H,18H2. The van der Waals surface area contributed by atoms with Crippen LogP contribution in [0, 0.1) is 0 Å². The summed E-state index contributed by atoms with van der Waals surface area (Å²) in [7, 11) is 0. The van der Waals surface area contributed by atoms with E-state index in [1.807, 2.05) is 103 Å². The minimum Gasteiger partial charge on any atom is -0.489 e. The molecule has 1 unspecified atom stereocenters. The second kappa shape index (κ2) is 8.77. The molecule has 0 saturated carbocycles. The van der Waals surface area contributed by atoms with Crippen LogP contribution in [0.2, 0.25) is 5.02 Å². The van der Waals surface area contributed by atoms with E-state index in [1.165, 1.54) is 0 Å². The van der Waals surface area contributed by atoms with Crippen LogP contribution in [0.5, 0.6) is 5.75 Å². The summed E-state index contributed by atoms with van der Waals surface area (Å²) in [6.07, 6.45) is -0.336. The van der Waals surface area contributed by atoms with Gasteiger partial charge >= 0.3 is 0 Å². The summed E-state index contributed by atoms with van der Waals surface area (Å²) in [5, 5.41) is 4.21. The molecule has 5 rings (SSSR count). The van der Waals surface area contributed by atoms with Crippen molar-refractivity contribution in [3.05, 3.63) is 125 Å². The Morgan fingerprint density at radius 2 is 1.50 bits per heavy atom. The summed E-state index contributed by atoms with van der Waals surface area (Å²) in [6.45, 7) is 0.392. The second-order valence-electron chi connectivity index (χ2n) is 7.55. The third-order valence-electron chi connectivity index (χ3n) is 5.51. The summed E-state index contributed by atoms with van der Waals surface area (Å²) < 4.78 is 5.92. The highest BCUT2D eigenvalue weighted by Gasteiger charge is 2.33. The second-order valence-corrected chi connectivity index (χ2v) is 7.96. The molecule has 1 atom stereocenters. The number of para-hydroxylation sites is 2. The topological polar surface area (TPSA) is 41.6 Å². The highest BCUT2D eigenvalue weighted by Crippen LogP contribution is 2.37. The van der Waals surface area contributed by atoms with Crippen LogP contribution in [0.25, 0.3) is 0 Å². The van der Waals surface area contributed by atoms with Gasteiger partial charge < -0.3 is 10.1 Å². The molecule has 0 bridgehead atoms. The van der Waals surface area contributed by atoms with Gasteiger partial charge in [-0.1, -0.05) is 72.3 Å². The quantitative estimate of drug-likeness (QED) is 0.376. The fourth-order valence-electron chi connectivity index (χ4n) is 3.86. The molecule has 1 N–H and O–H groups in total. The van der Waals surface area contributed by atoms with Crippen molar-refractivity contribution < 1.29 is 9.53 Å². The van der Waals surface area contributed by atoms with Gasteiger partial charge in [-0.25, -0.2) is 0 Å². The van der Waals surface area contributed by atoms with Gasteiger partial charge in [0.25, 0.3) is 5.91 Å². The number of amides is 1. The monoisotopic (exact) mass is 440 g/mol. The van der Waals surface area contributed by atoms with Gasteiger partial charge in [0.1, 0.15) is 18.5 Å². The number of benzene rings is 4. The number of hydrogen-bond acceptors (Lipinski definition) is 3. The molecule has 1 aliphatic heterocycles. The van der Waals surface area contributed by atoms with E-state index in [1.54, 1.807) is 4.90 Å². The van der Waals surface area contributed by atoms with Gasteiger partial charge in [-0.05, 0) is 48.0 Å². The average Bonchev–Trinajstić information content (AvgIpc) is 2.84. The lowest BCUT2D eigenvalue weighted by Gasteiger charge is -2.38. The Morgan fingerprint density at radius 1 is 0.812 bits per heavy atom. The molecular weight excluding hydrogens is 420 g/mol. The Bertz CT molecular complexity index is 1240. The Balaban J connectivity index is 1.43. The number of rotatable bonds is 5. The van der Waals surface area contributed by atoms with Crippen LogP contribution in [-0.2, 0) is 6.61 Å². The fraction of sp³-hybridized carbons (Fsp3) is 0.0741. The number of carbonyl (C=O) groups excluding carboxylic acids is 1. The number of hydrogen-bond donors (Lipinski definition) is 1. The van der Waals surface area contributed by atoms with E-state index < -0.39 is 0 Å². The summed E-state index contributed by atoms with van der Waals surface area (Å²) in [5.74, 6) is 0.706. The summed E-state index contributed by atoms with van der Waals surface area (Å²) in [4.78, 5) is 15.2. The Labute approximate surface area is 192 Å².